The fourth-order valence-corrected chi connectivity index (χ4v) is 3.45. The second-order valence-electron chi connectivity index (χ2n) is 5.72. The zero-order valence-electron chi connectivity index (χ0n) is 12.1. The van der Waals surface area contributed by atoms with Crippen LogP contribution in [0.3, 0.4) is 0 Å². The van der Waals surface area contributed by atoms with E-state index in [-0.39, 0.29) is 0 Å². The minimum absolute atomic E-state index is 0.577. The van der Waals surface area contributed by atoms with Crippen molar-refractivity contribution in [2.75, 3.05) is 12.4 Å². The molecule has 3 heteroatoms. The Balaban J connectivity index is 2.16. The van der Waals surface area contributed by atoms with Crippen molar-refractivity contribution in [3.8, 4) is 0 Å². The molecule has 0 aromatic heterocycles. The van der Waals surface area contributed by atoms with Crippen LogP contribution in [0, 0.1) is 11.8 Å². The molecule has 2 rings (SSSR count). The van der Waals surface area contributed by atoms with Gasteiger partial charge in [-0.15, -0.1) is 0 Å². The molecular weight excluding hydrogens is 302 g/mol. The molecule has 2 nitrogen and oxygen atoms in total. The van der Waals surface area contributed by atoms with Gasteiger partial charge >= 0.3 is 0 Å². The van der Waals surface area contributed by atoms with Crippen LogP contribution in [0.15, 0.2) is 22.7 Å². The summed E-state index contributed by atoms with van der Waals surface area (Å²) in [5.74, 6) is 1.53. The van der Waals surface area contributed by atoms with Crippen LogP contribution in [0.4, 0.5) is 5.69 Å². The molecule has 1 fully saturated rings. The number of hydrogen-bond acceptors (Lipinski definition) is 2. The normalized spacial score (nSPS) is 27.3. The van der Waals surface area contributed by atoms with Crippen molar-refractivity contribution in [3.05, 3.63) is 28.2 Å². The largest absolute Gasteiger partial charge is 0.382 e. The first-order chi connectivity index (χ1) is 9.13. The van der Waals surface area contributed by atoms with Crippen LogP contribution in [-0.4, -0.2) is 13.2 Å². The lowest BCUT2D eigenvalue weighted by Gasteiger charge is -2.35. The highest BCUT2D eigenvalue weighted by atomic mass is 79.9. The number of nitrogens with one attached hydrogen (secondary N) is 1. The van der Waals surface area contributed by atoms with Crippen molar-refractivity contribution >= 4 is 21.6 Å². The van der Waals surface area contributed by atoms with Gasteiger partial charge in [-0.3, -0.25) is 0 Å². The molecule has 1 aromatic rings. The third kappa shape index (κ3) is 3.51. The molecular formula is C16H24BrNO. The minimum Gasteiger partial charge on any atom is -0.382 e. The van der Waals surface area contributed by atoms with E-state index in [4.69, 9.17) is 4.74 Å². The summed E-state index contributed by atoms with van der Waals surface area (Å²) in [4.78, 5) is 0. The topological polar surface area (TPSA) is 21.3 Å². The number of hydrogen-bond donors (Lipinski definition) is 1. The Hall–Kier alpha value is -0.540. The van der Waals surface area contributed by atoms with Crippen LogP contribution in [0.5, 0.6) is 0 Å². The van der Waals surface area contributed by atoms with Gasteiger partial charge in [0.15, 0.2) is 0 Å². The highest BCUT2D eigenvalue weighted by molar-refractivity contribution is 9.10. The van der Waals surface area contributed by atoms with E-state index in [0.717, 1.165) is 16.3 Å². The number of rotatable bonds is 4. The summed E-state index contributed by atoms with van der Waals surface area (Å²) in [5.41, 5.74) is 2.43. The van der Waals surface area contributed by atoms with Crippen molar-refractivity contribution < 1.29 is 4.74 Å². The Morgan fingerprint density at radius 1 is 1.32 bits per heavy atom. The zero-order valence-corrected chi connectivity index (χ0v) is 13.7. The van der Waals surface area contributed by atoms with Gasteiger partial charge < -0.3 is 10.1 Å². The standard InChI is InChI=1S/C16H24BrNO/c1-11-6-4-8-15(12(11)2)18-16-9-5-7-14(17)13(16)10-19-3/h5,7,9,11-12,15,18H,4,6,8,10H2,1-3H3. The summed E-state index contributed by atoms with van der Waals surface area (Å²) in [6, 6.07) is 6.90. The summed E-state index contributed by atoms with van der Waals surface area (Å²) in [5, 5.41) is 3.75. The molecule has 3 unspecified atom stereocenters. The average Bonchev–Trinajstić information content (AvgIpc) is 2.39. The lowest BCUT2D eigenvalue weighted by molar-refractivity contribution is 0.184. The SMILES string of the molecule is COCc1c(Br)cccc1NC1CCCC(C)C1C. The van der Waals surface area contributed by atoms with Gasteiger partial charge in [0.2, 0.25) is 0 Å². The van der Waals surface area contributed by atoms with E-state index < -0.39 is 0 Å². The smallest absolute Gasteiger partial charge is 0.0744 e. The average molecular weight is 326 g/mol. The predicted octanol–water partition coefficient (Wildman–Crippen LogP) is 4.83. The van der Waals surface area contributed by atoms with Crippen LogP contribution in [0.25, 0.3) is 0 Å². The van der Waals surface area contributed by atoms with Gasteiger partial charge in [-0.05, 0) is 30.4 Å². The Morgan fingerprint density at radius 2 is 2.11 bits per heavy atom. The second kappa shape index (κ2) is 6.76. The van der Waals surface area contributed by atoms with Crippen molar-refractivity contribution in [3.63, 3.8) is 0 Å². The Labute approximate surface area is 125 Å². The van der Waals surface area contributed by atoms with E-state index in [1.54, 1.807) is 7.11 Å². The lowest BCUT2D eigenvalue weighted by atomic mass is 9.78. The quantitative estimate of drug-likeness (QED) is 0.855. The van der Waals surface area contributed by atoms with E-state index in [2.05, 4.69) is 53.3 Å². The molecule has 1 N–H and O–H groups in total. The first-order valence-corrected chi connectivity index (χ1v) is 7.95. The summed E-state index contributed by atoms with van der Waals surface area (Å²) < 4.78 is 6.44. The molecule has 19 heavy (non-hydrogen) atoms. The minimum atomic E-state index is 0.577. The van der Waals surface area contributed by atoms with E-state index in [0.29, 0.717) is 12.6 Å². The molecule has 1 saturated carbocycles. The lowest BCUT2D eigenvalue weighted by Crippen LogP contribution is -2.35. The number of methoxy groups -OCH3 is 1. The number of halogens is 1. The van der Waals surface area contributed by atoms with Gasteiger partial charge in [-0.25, -0.2) is 0 Å². The maximum atomic E-state index is 5.32. The van der Waals surface area contributed by atoms with Gasteiger partial charge in [0, 0.05) is 28.9 Å². The third-order valence-corrected chi connectivity index (χ3v) is 5.20. The molecule has 0 spiro atoms. The van der Waals surface area contributed by atoms with Crippen LogP contribution in [-0.2, 0) is 11.3 Å². The monoisotopic (exact) mass is 325 g/mol. The molecule has 0 saturated heterocycles. The molecule has 0 radical (unpaired) electrons. The van der Waals surface area contributed by atoms with E-state index >= 15 is 0 Å². The van der Waals surface area contributed by atoms with Crippen LogP contribution >= 0.6 is 15.9 Å². The van der Waals surface area contributed by atoms with Gasteiger partial charge in [0.25, 0.3) is 0 Å². The van der Waals surface area contributed by atoms with Crippen LogP contribution < -0.4 is 5.32 Å². The molecule has 1 aliphatic rings. The van der Waals surface area contributed by atoms with Gasteiger partial charge in [0.05, 0.1) is 6.61 Å². The van der Waals surface area contributed by atoms with E-state index in [9.17, 15) is 0 Å². The molecule has 1 aromatic carbocycles. The molecule has 0 heterocycles. The number of ether oxygens (including phenoxy) is 1. The van der Waals surface area contributed by atoms with Gasteiger partial charge in [-0.1, -0.05) is 48.7 Å². The Bertz CT molecular complexity index is 421. The molecule has 1 aliphatic carbocycles. The summed E-state index contributed by atoms with van der Waals surface area (Å²) in [6.45, 7) is 5.38. The molecule has 3 atom stereocenters. The fourth-order valence-electron chi connectivity index (χ4n) is 2.97. The van der Waals surface area contributed by atoms with Crippen LogP contribution in [0.1, 0.15) is 38.7 Å². The Morgan fingerprint density at radius 3 is 2.84 bits per heavy atom. The zero-order chi connectivity index (χ0) is 13.8. The number of benzene rings is 1. The molecule has 106 valence electrons. The van der Waals surface area contributed by atoms with Crippen molar-refractivity contribution in [1.29, 1.82) is 0 Å². The highest BCUT2D eigenvalue weighted by Crippen LogP contribution is 2.33. The molecule has 0 amide bonds. The maximum Gasteiger partial charge on any atom is 0.0744 e. The summed E-state index contributed by atoms with van der Waals surface area (Å²) in [6.07, 6.45) is 3.96. The fraction of sp³-hybridized carbons (Fsp3) is 0.625. The number of anilines is 1. The summed E-state index contributed by atoms with van der Waals surface area (Å²) >= 11 is 3.62. The van der Waals surface area contributed by atoms with Gasteiger partial charge in [-0.2, -0.15) is 0 Å². The molecule has 0 bridgehead atoms. The second-order valence-corrected chi connectivity index (χ2v) is 6.57. The Kier molecular flexibility index (Phi) is 5.28. The van der Waals surface area contributed by atoms with Crippen molar-refractivity contribution in [2.45, 2.75) is 45.8 Å². The van der Waals surface area contributed by atoms with Crippen molar-refractivity contribution in [1.82, 2.24) is 0 Å². The van der Waals surface area contributed by atoms with E-state index in [1.807, 2.05) is 0 Å². The maximum absolute atomic E-state index is 5.32. The predicted molar refractivity (Wildman–Crippen MR) is 84.4 cm³/mol. The first-order valence-electron chi connectivity index (χ1n) is 7.16. The third-order valence-electron chi connectivity index (χ3n) is 4.46. The van der Waals surface area contributed by atoms with Gasteiger partial charge in [0.1, 0.15) is 0 Å². The molecule has 0 aliphatic heterocycles. The first kappa shape index (κ1) is 14.9. The van der Waals surface area contributed by atoms with Crippen LogP contribution in [0.2, 0.25) is 0 Å². The summed E-state index contributed by atoms with van der Waals surface area (Å²) in [7, 11) is 1.74. The highest BCUT2D eigenvalue weighted by Gasteiger charge is 2.27. The van der Waals surface area contributed by atoms with Crippen molar-refractivity contribution in [2.24, 2.45) is 11.8 Å². The van der Waals surface area contributed by atoms with E-state index in [1.165, 1.54) is 30.5 Å².